The third kappa shape index (κ3) is 5.55. The number of hydrogen-bond acceptors (Lipinski definition) is 5. The van der Waals surface area contributed by atoms with Gasteiger partial charge in [-0.2, -0.15) is 17.5 Å². The number of sulfonamides is 1. The summed E-state index contributed by atoms with van der Waals surface area (Å²) in [7, 11) is -3.46. The molecular weight excluding hydrogens is 475 g/mol. The van der Waals surface area contributed by atoms with E-state index in [0.29, 0.717) is 36.7 Å². The number of halogens is 3. The average Bonchev–Trinajstić information content (AvgIpc) is 3.32. The van der Waals surface area contributed by atoms with Gasteiger partial charge in [-0.3, -0.25) is 4.79 Å². The van der Waals surface area contributed by atoms with Crippen LogP contribution in [0.15, 0.2) is 35.2 Å². The van der Waals surface area contributed by atoms with Crippen LogP contribution in [0.2, 0.25) is 0 Å². The van der Waals surface area contributed by atoms with Crippen LogP contribution >= 0.6 is 0 Å². The molecule has 3 fully saturated rings. The molecule has 1 amide bonds. The van der Waals surface area contributed by atoms with Gasteiger partial charge in [-0.15, -0.1) is 0 Å². The molecule has 0 unspecified atom stereocenters. The standard InChI is InChI=1S/C20H29N3O3S.C2HF3O2/c1-2-3-11-22-14-17-18(15-22)20(21-19(17)24)9-12-23(13-10-20)27(25,26)16-7-5-4-6-8-16;3-2(4,5)1(6)7/h4-8,17-18H,2-3,9-15H2,1H3,(H,21,24);(H,6,7)/t17-,18+;/m1./s1. The number of hydrogen-bond donors (Lipinski definition) is 2. The van der Waals surface area contributed by atoms with Gasteiger partial charge in [-0.25, -0.2) is 13.2 Å². The average molecular weight is 506 g/mol. The number of unbranched alkanes of at least 4 members (excludes halogenated alkanes) is 1. The zero-order chi connectivity index (χ0) is 25.1. The topological polar surface area (TPSA) is 107 Å². The van der Waals surface area contributed by atoms with Gasteiger partial charge in [0.1, 0.15) is 0 Å². The molecule has 0 bridgehead atoms. The number of rotatable bonds is 5. The molecule has 34 heavy (non-hydrogen) atoms. The summed E-state index contributed by atoms with van der Waals surface area (Å²) in [5.41, 5.74) is -0.231. The molecule has 2 N–H and O–H groups in total. The molecule has 1 aromatic carbocycles. The van der Waals surface area contributed by atoms with Crippen molar-refractivity contribution in [2.45, 2.75) is 49.2 Å². The van der Waals surface area contributed by atoms with E-state index in [1.165, 1.54) is 0 Å². The van der Waals surface area contributed by atoms with Gasteiger partial charge < -0.3 is 15.3 Å². The third-order valence-electron chi connectivity index (χ3n) is 6.88. The van der Waals surface area contributed by atoms with Crippen LogP contribution in [0, 0.1) is 11.8 Å². The SMILES string of the molecule is CCCCN1C[C@H]2C(=O)NC3(CCN(S(=O)(=O)c4ccccc4)CC3)[C@H]2C1.O=C(O)C(F)(F)F. The lowest BCUT2D eigenvalue weighted by molar-refractivity contribution is -0.192. The Hall–Kier alpha value is -2.18. The summed E-state index contributed by atoms with van der Waals surface area (Å²) in [6.45, 7) is 5.99. The highest BCUT2D eigenvalue weighted by atomic mass is 32.2. The minimum absolute atomic E-state index is 0.0686. The van der Waals surface area contributed by atoms with Gasteiger partial charge in [0.05, 0.1) is 10.8 Å². The van der Waals surface area contributed by atoms with Crippen molar-refractivity contribution in [3.8, 4) is 0 Å². The van der Waals surface area contributed by atoms with E-state index in [9.17, 15) is 26.4 Å². The molecule has 3 heterocycles. The molecule has 1 aromatic rings. The normalized spacial score (nSPS) is 24.9. The van der Waals surface area contributed by atoms with Gasteiger partial charge in [-0.05, 0) is 37.9 Å². The molecule has 0 saturated carbocycles. The Labute approximate surface area is 197 Å². The Morgan fingerprint density at radius 3 is 2.29 bits per heavy atom. The zero-order valence-electron chi connectivity index (χ0n) is 18.9. The predicted molar refractivity (Wildman–Crippen MR) is 117 cm³/mol. The molecule has 0 radical (unpaired) electrons. The lowest BCUT2D eigenvalue weighted by Gasteiger charge is -2.42. The van der Waals surface area contributed by atoms with Crippen LogP contribution in [0.5, 0.6) is 0 Å². The van der Waals surface area contributed by atoms with Crippen molar-refractivity contribution in [3.05, 3.63) is 30.3 Å². The van der Waals surface area contributed by atoms with E-state index in [2.05, 4.69) is 17.1 Å². The molecule has 4 rings (SSSR count). The van der Waals surface area contributed by atoms with Crippen LogP contribution in [0.1, 0.15) is 32.6 Å². The number of amides is 1. The number of likely N-dealkylation sites (tertiary alicyclic amines) is 1. The maximum absolute atomic E-state index is 12.9. The van der Waals surface area contributed by atoms with E-state index in [0.717, 1.165) is 32.5 Å². The number of carbonyl (C=O) groups is 2. The van der Waals surface area contributed by atoms with Gasteiger partial charge >= 0.3 is 12.1 Å². The van der Waals surface area contributed by atoms with Crippen molar-refractivity contribution in [1.29, 1.82) is 0 Å². The van der Waals surface area contributed by atoms with Crippen LogP contribution in [-0.4, -0.2) is 79.0 Å². The number of carboxylic acids is 1. The predicted octanol–water partition coefficient (Wildman–Crippen LogP) is 2.32. The molecular formula is C22H30F3N3O5S. The van der Waals surface area contributed by atoms with Crippen molar-refractivity contribution >= 4 is 21.9 Å². The number of fused-ring (bicyclic) bond motifs is 2. The quantitative estimate of drug-likeness (QED) is 0.636. The Kier molecular flexibility index (Phi) is 7.93. The summed E-state index contributed by atoms with van der Waals surface area (Å²) in [4.78, 5) is 24.2. The number of aliphatic carboxylic acids is 1. The van der Waals surface area contributed by atoms with E-state index in [1.807, 2.05) is 6.07 Å². The van der Waals surface area contributed by atoms with E-state index in [1.54, 1.807) is 28.6 Å². The Morgan fingerprint density at radius 2 is 1.76 bits per heavy atom. The first kappa shape index (κ1) is 26.4. The summed E-state index contributed by atoms with van der Waals surface area (Å²) < 4.78 is 59.1. The lowest BCUT2D eigenvalue weighted by Crippen LogP contribution is -2.56. The highest BCUT2D eigenvalue weighted by Crippen LogP contribution is 2.44. The van der Waals surface area contributed by atoms with Crippen molar-refractivity contribution in [2.75, 3.05) is 32.7 Å². The fourth-order valence-corrected chi connectivity index (χ4v) is 6.53. The van der Waals surface area contributed by atoms with Gasteiger partial charge in [0, 0.05) is 37.6 Å². The second kappa shape index (κ2) is 10.2. The molecule has 3 aliphatic rings. The largest absolute Gasteiger partial charge is 0.490 e. The minimum Gasteiger partial charge on any atom is -0.475 e. The summed E-state index contributed by atoms with van der Waals surface area (Å²) in [6.07, 6.45) is -1.35. The van der Waals surface area contributed by atoms with Crippen molar-refractivity contribution in [1.82, 2.24) is 14.5 Å². The fraction of sp³-hybridized carbons (Fsp3) is 0.636. The summed E-state index contributed by atoms with van der Waals surface area (Å²) in [5, 5.41) is 10.4. The molecule has 3 aliphatic heterocycles. The highest BCUT2D eigenvalue weighted by molar-refractivity contribution is 7.89. The maximum atomic E-state index is 12.9. The van der Waals surface area contributed by atoms with Gasteiger partial charge in [-0.1, -0.05) is 31.5 Å². The number of carboxylic acid groups (broad SMARTS) is 1. The second-order valence-corrected chi connectivity index (χ2v) is 10.9. The third-order valence-corrected chi connectivity index (χ3v) is 8.79. The molecule has 0 aromatic heterocycles. The lowest BCUT2D eigenvalue weighted by atomic mass is 9.76. The molecule has 8 nitrogen and oxygen atoms in total. The number of carbonyl (C=O) groups excluding carboxylic acids is 1. The summed E-state index contributed by atoms with van der Waals surface area (Å²) in [5.74, 6) is -2.21. The molecule has 2 atom stereocenters. The summed E-state index contributed by atoms with van der Waals surface area (Å²) in [6, 6.07) is 8.63. The fourth-order valence-electron chi connectivity index (χ4n) is 5.07. The van der Waals surface area contributed by atoms with E-state index >= 15 is 0 Å². The Balaban J connectivity index is 0.000000406. The Morgan fingerprint density at radius 1 is 1.18 bits per heavy atom. The van der Waals surface area contributed by atoms with E-state index in [4.69, 9.17) is 9.90 Å². The molecule has 3 saturated heterocycles. The number of piperidine rings is 1. The molecule has 1 spiro atoms. The number of nitrogens with zero attached hydrogens (tertiary/aromatic N) is 2. The van der Waals surface area contributed by atoms with Crippen LogP contribution in [0.4, 0.5) is 13.2 Å². The number of benzene rings is 1. The van der Waals surface area contributed by atoms with Crippen LogP contribution in [-0.2, 0) is 19.6 Å². The van der Waals surface area contributed by atoms with Crippen molar-refractivity contribution in [3.63, 3.8) is 0 Å². The molecule has 12 heteroatoms. The van der Waals surface area contributed by atoms with E-state index < -0.39 is 22.2 Å². The molecule has 190 valence electrons. The van der Waals surface area contributed by atoms with Gasteiger partial charge in [0.25, 0.3) is 0 Å². The van der Waals surface area contributed by atoms with Gasteiger partial charge in [0.2, 0.25) is 15.9 Å². The van der Waals surface area contributed by atoms with Crippen molar-refractivity contribution < 1.29 is 36.3 Å². The first-order valence-electron chi connectivity index (χ1n) is 11.3. The van der Waals surface area contributed by atoms with Crippen LogP contribution in [0.25, 0.3) is 0 Å². The minimum atomic E-state index is -5.08. The number of alkyl halides is 3. The van der Waals surface area contributed by atoms with Crippen LogP contribution < -0.4 is 5.32 Å². The summed E-state index contributed by atoms with van der Waals surface area (Å²) >= 11 is 0. The first-order valence-corrected chi connectivity index (χ1v) is 12.7. The molecule has 0 aliphatic carbocycles. The van der Waals surface area contributed by atoms with Gasteiger partial charge in [0.15, 0.2) is 0 Å². The van der Waals surface area contributed by atoms with Crippen molar-refractivity contribution in [2.24, 2.45) is 11.8 Å². The first-order chi connectivity index (χ1) is 15.9. The maximum Gasteiger partial charge on any atom is 0.490 e. The van der Waals surface area contributed by atoms with E-state index in [-0.39, 0.29) is 17.4 Å². The van der Waals surface area contributed by atoms with Crippen LogP contribution in [0.3, 0.4) is 0 Å². The zero-order valence-corrected chi connectivity index (χ0v) is 19.7. The highest BCUT2D eigenvalue weighted by Gasteiger charge is 2.57. The monoisotopic (exact) mass is 505 g/mol. The second-order valence-electron chi connectivity index (χ2n) is 8.99. The number of nitrogens with one attached hydrogen (secondary N) is 1. The Bertz CT molecular complexity index is 979. The smallest absolute Gasteiger partial charge is 0.475 e.